The lowest BCUT2D eigenvalue weighted by atomic mass is 9.92. The maximum atomic E-state index is 14.1. The van der Waals surface area contributed by atoms with E-state index >= 15 is 0 Å². The van der Waals surface area contributed by atoms with Crippen molar-refractivity contribution in [3.05, 3.63) is 128 Å². The van der Waals surface area contributed by atoms with E-state index in [0.29, 0.717) is 35.0 Å². The predicted octanol–water partition coefficient (Wildman–Crippen LogP) is 4.53. The van der Waals surface area contributed by atoms with Gasteiger partial charge in [0.1, 0.15) is 0 Å². The van der Waals surface area contributed by atoms with Crippen molar-refractivity contribution in [2.45, 2.75) is 19.3 Å². The number of carbonyl (C=O) groups is 6. The molecule has 1 saturated heterocycles. The summed E-state index contributed by atoms with van der Waals surface area (Å²) in [4.78, 5) is 97.2. The monoisotopic (exact) mass is 781 g/mol. The van der Waals surface area contributed by atoms with E-state index in [1.54, 1.807) is 36.4 Å². The third kappa shape index (κ3) is 7.16. The number of benzene rings is 5. The maximum Gasteiger partial charge on any atom is 0.270 e. The molecule has 15 heteroatoms. The number of carbonyl (C=O) groups excluding carboxylic acids is 6. The van der Waals surface area contributed by atoms with Gasteiger partial charge in [-0.05, 0) is 73.1 Å². The maximum absolute atomic E-state index is 14.1. The highest BCUT2D eigenvalue weighted by Crippen LogP contribution is 2.36. The van der Waals surface area contributed by atoms with E-state index in [9.17, 15) is 38.9 Å². The van der Waals surface area contributed by atoms with Crippen molar-refractivity contribution in [1.29, 1.82) is 0 Å². The standard InChI is InChI=1S/C43H39N7O8/c51-38(45-14-13-44-15-20-48-40(53)32-10-4-7-26-8-5-11-33(36(26)32)41(48)54)28-21-29(39(52)46-16-19-47-17-2-1-3-18-47)24-30(23-28)49-42(55)34-12-6-9-27-22-31(50(57)58)25-35(37(27)34)43(49)56/h4-12,21-25,44H,1-3,13-20H2,(H,45,51)(H,46,52). The lowest BCUT2D eigenvalue weighted by Crippen LogP contribution is -2.44. The zero-order chi connectivity index (χ0) is 40.5. The van der Waals surface area contributed by atoms with Gasteiger partial charge >= 0.3 is 0 Å². The van der Waals surface area contributed by atoms with Gasteiger partial charge < -0.3 is 20.9 Å². The Morgan fingerprint density at radius 3 is 1.81 bits per heavy atom. The Bertz CT molecular complexity index is 2520. The first kappa shape index (κ1) is 38.1. The second kappa shape index (κ2) is 16.0. The molecule has 3 aliphatic rings. The number of imide groups is 2. The molecule has 5 aromatic rings. The van der Waals surface area contributed by atoms with Gasteiger partial charge in [0, 0.05) is 90.0 Å². The summed E-state index contributed by atoms with van der Waals surface area (Å²) in [6.07, 6.45) is 3.35. The molecule has 0 bridgehead atoms. The predicted molar refractivity (Wildman–Crippen MR) is 215 cm³/mol. The molecule has 8 rings (SSSR count). The van der Waals surface area contributed by atoms with Crippen molar-refractivity contribution in [1.82, 2.24) is 25.8 Å². The molecule has 1 fully saturated rings. The molecule has 0 aliphatic carbocycles. The molecule has 6 amide bonds. The Morgan fingerprint density at radius 2 is 1.17 bits per heavy atom. The van der Waals surface area contributed by atoms with Crippen LogP contribution in [0.5, 0.6) is 0 Å². The molecule has 0 unspecified atom stereocenters. The number of hydrogen-bond acceptors (Lipinski definition) is 10. The average molecular weight is 782 g/mol. The van der Waals surface area contributed by atoms with E-state index in [1.807, 2.05) is 12.1 Å². The molecule has 0 aromatic heterocycles. The molecule has 15 nitrogen and oxygen atoms in total. The molecule has 3 N–H and O–H groups in total. The van der Waals surface area contributed by atoms with Crippen molar-refractivity contribution in [3.8, 4) is 0 Å². The lowest BCUT2D eigenvalue weighted by molar-refractivity contribution is -0.384. The van der Waals surface area contributed by atoms with E-state index < -0.39 is 28.6 Å². The normalized spacial score (nSPS) is 15.3. The molecule has 3 heterocycles. The lowest BCUT2D eigenvalue weighted by Gasteiger charge is -2.28. The van der Waals surface area contributed by atoms with Crippen LogP contribution in [0.15, 0.2) is 84.9 Å². The Morgan fingerprint density at radius 1 is 0.603 bits per heavy atom. The van der Waals surface area contributed by atoms with E-state index in [-0.39, 0.29) is 77.0 Å². The van der Waals surface area contributed by atoms with Gasteiger partial charge in [-0.25, -0.2) is 4.90 Å². The number of nitrogens with zero attached hydrogens (tertiary/aromatic N) is 4. The van der Waals surface area contributed by atoms with Crippen LogP contribution in [0.3, 0.4) is 0 Å². The van der Waals surface area contributed by atoms with Crippen LogP contribution in [0.1, 0.15) is 81.4 Å². The summed E-state index contributed by atoms with van der Waals surface area (Å²) >= 11 is 0. The van der Waals surface area contributed by atoms with Crippen LogP contribution in [-0.4, -0.2) is 103 Å². The van der Waals surface area contributed by atoms with Crippen molar-refractivity contribution in [2.75, 3.05) is 57.3 Å². The second-order valence-corrected chi connectivity index (χ2v) is 14.5. The first-order valence-electron chi connectivity index (χ1n) is 19.2. The Kier molecular flexibility index (Phi) is 10.5. The van der Waals surface area contributed by atoms with Gasteiger partial charge in [0.2, 0.25) is 0 Å². The molecule has 0 spiro atoms. The van der Waals surface area contributed by atoms with Crippen LogP contribution >= 0.6 is 0 Å². The van der Waals surface area contributed by atoms with E-state index in [0.717, 1.165) is 42.3 Å². The van der Waals surface area contributed by atoms with E-state index in [1.165, 1.54) is 41.7 Å². The zero-order valence-electron chi connectivity index (χ0n) is 31.4. The van der Waals surface area contributed by atoms with Gasteiger partial charge in [-0.3, -0.25) is 43.8 Å². The first-order chi connectivity index (χ1) is 28.1. The molecule has 294 valence electrons. The van der Waals surface area contributed by atoms with Crippen molar-refractivity contribution >= 4 is 68.4 Å². The molecule has 3 aliphatic heterocycles. The Balaban J connectivity index is 0.976. The topological polar surface area (TPSA) is 191 Å². The molecule has 5 aromatic carbocycles. The highest BCUT2D eigenvalue weighted by Gasteiger charge is 2.36. The molecular formula is C43H39N7O8. The number of hydrogen-bond donors (Lipinski definition) is 3. The van der Waals surface area contributed by atoms with Gasteiger partial charge in [0.15, 0.2) is 0 Å². The molecule has 0 saturated carbocycles. The number of likely N-dealkylation sites (tertiary alicyclic amines) is 1. The Labute approximate surface area is 332 Å². The molecule has 0 atom stereocenters. The number of anilines is 1. The zero-order valence-corrected chi connectivity index (χ0v) is 31.4. The van der Waals surface area contributed by atoms with Crippen LogP contribution in [0.2, 0.25) is 0 Å². The fourth-order valence-corrected chi connectivity index (χ4v) is 8.01. The number of amides is 6. The summed E-state index contributed by atoms with van der Waals surface area (Å²) in [7, 11) is 0. The van der Waals surface area contributed by atoms with Crippen molar-refractivity contribution in [3.63, 3.8) is 0 Å². The highest BCUT2D eigenvalue weighted by molar-refractivity contribution is 6.36. The Hall–Kier alpha value is -6.84. The minimum Gasteiger partial charge on any atom is -0.351 e. The van der Waals surface area contributed by atoms with Crippen molar-refractivity contribution in [2.24, 2.45) is 0 Å². The van der Waals surface area contributed by atoms with Crippen LogP contribution in [0.25, 0.3) is 21.5 Å². The number of non-ortho nitro benzene ring substituents is 1. The number of nitro benzene ring substituents is 1. The SMILES string of the molecule is O=C(NCCNCCN1C(=O)c2cccc3cccc(c23)C1=O)c1cc(C(=O)NCCN2CCCCC2)cc(N2C(=O)c3cccc4cc([N+](=O)[O-])cc(c34)C2=O)c1. The van der Waals surface area contributed by atoms with E-state index in [4.69, 9.17) is 0 Å². The number of rotatable bonds is 13. The van der Waals surface area contributed by atoms with Crippen LogP contribution in [0, 0.1) is 10.1 Å². The number of nitro groups is 1. The summed E-state index contributed by atoms with van der Waals surface area (Å²) in [6, 6.07) is 21.9. The largest absolute Gasteiger partial charge is 0.351 e. The fourth-order valence-electron chi connectivity index (χ4n) is 8.01. The van der Waals surface area contributed by atoms with Gasteiger partial charge in [-0.2, -0.15) is 0 Å². The van der Waals surface area contributed by atoms with Crippen molar-refractivity contribution < 1.29 is 33.7 Å². The minimum absolute atomic E-state index is 0.000297. The summed E-state index contributed by atoms with van der Waals surface area (Å²) in [5.41, 5.74) is 0.683. The highest BCUT2D eigenvalue weighted by atomic mass is 16.6. The molecule has 0 radical (unpaired) electrons. The number of piperidine rings is 1. The van der Waals surface area contributed by atoms with E-state index in [2.05, 4.69) is 20.9 Å². The molecule has 58 heavy (non-hydrogen) atoms. The second-order valence-electron chi connectivity index (χ2n) is 14.5. The van der Waals surface area contributed by atoms with Crippen LogP contribution in [-0.2, 0) is 0 Å². The third-order valence-electron chi connectivity index (χ3n) is 10.9. The summed E-state index contributed by atoms with van der Waals surface area (Å²) in [5, 5.41) is 22.7. The quantitative estimate of drug-likeness (QED) is 0.0662. The average Bonchev–Trinajstić information content (AvgIpc) is 3.24. The van der Waals surface area contributed by atoms with Crippen LogP contribution in [0.4, 0.5) is 11.4 Å². The van der Waals surface area contributed by atoms with Gasteiger partial charge in [0.05, 0.1) is 16.2 Å². The third-order valence-corrected chi connectivity index (χ3v) is 10.9. The smallest absolute Gasteiger partial charge is 0.270 e. The van der Waals surface area contributed by atoms with Gasteiger partial charge in [0.25, 0.3) is 41.1 Å². The number of nitrogens with one attached hydrogen (secondary N) is 3. The first-order valence-corrected chi connectivity index (χ1v) is 19.2. The summed E-state index contributed by atoms with van der Waals surface area (Å²) in [5.74, 6) is -3.39. The summed E-state index contributed by atoms with van der Waals surface area (Å²) in [6.45, 7) is 3.60. The van der Waals surface area contributed by atoms with Gasteiger partial charge in [-0.1, -0.05) is 42.8 Å². The summed E-state index contributed by atoms with van der Waals surface area (Å²) < 4.78 is 0. The fraction of sp³-hybridized carbons (Fsp3) is 0.256. The minimum atomic E-state index is -0.832. The molecular weight excluding hydrogens is 743 g/mol. The van der Waals surface area contributed by atoms with Gasteiger partial charge in [-0.15, -0.1) is 0 Å². The van der Waals surface area contributed by atoms with Crippen LogP contribution < -0.4 is 20.9 Å².